The van der Waals surface area contributed by atoms with Crippen molar-refractivity contribution in [1.82, 2.24) is 10.2 Å². The zero-order valence-electron chi connectivity index (χ0n) is 11.3. The largest absolute Gasteiger partial charge is 0.465 e. The molecule has 0 aliphatic heterocycles. The molecule has 19 heavy (non-hydrogen) atoms. The minimum absolute atomic E-state index is 0.0399. The van der Waals surface area contributed by atoms with E-state index in [1.807, 2.05) is 13.8 Å². The Morgan fingerprint density at radius 2 is 2.05 bits per heavy atom. The third-order valence-corrected chi connectivity index (χ3v) is 2.43. The van der Waals surface area contributed by atoms with E-state index in [9.17, 15) is 9.59 Å². The van der Waals surface area contributed by atoms with Gasteiger partial charge in [0.15, 0.2) is 11.5 Å². The van der Waals surface area contributed by atoms with Crippen LogP contribution in [-0.4, -0.2) is 41.3 Å². The Balaban J connectivity index is 2.87. The molecule has 0 aliphatic rings. The van der Waals surface area contributed by atoms with Crippen molar-refractivity contribution in [3.05, 3.63) is 17.8 Å². The highest BCUT2D eigenvalue weighted by atomic mass is 16.5. The first-order valence-corrected chi connectivity index (χ1v) is 6.01. The Morgan fingerprint density at radius 1 is 1.37 bits per heavy atom. The molecule has 0 aromatic carbocycles. The fourth-order valence-electron chi connectivity index (χ4n) is 1.48. The number of primary amides is 1. The number of carbonyl (C=O) groups is 2. The fourth-order valence-corrected chi connectivity index (χ4v) is 1.48. The zero-order chi connectivity index (χ0) is 14.4. The lowest BCUT2D eigenvalue weighted by Crippen LogP contribution is -2.37. The standard InChI is InChI=1S/C12H18N4O3/c1-4-19-11(17)7-16(8(2)3)10-6-5-9(12(13)18)14-15-10/h5-6,8H,4,7H2,1-3H3,(H2,13,18). The first-order chi connectivity index (χ1) is 8.95. The van der Waals surface area contributed by atoms with E-state index in [2.05, 4.69) is 10.2 Å². The van der Waals surface area contributed by atoms with Crippen LogP contribution in [0.3, 0.4) is 0 Å². The van der Waals surface area contributed by atoms with Crippen molar-refractivity contribution in [3.63, 3.8) is 0 Å². The number of amides is 1. The number of carbonyl (C=O) groups excluding carboxylic acids is 2. The SMILES string of the molecule is CCOC(=O)CN(c1ccc(C(N)=O)nn1)C(C)C. The minimum atomic E-state index is -0.638. The number of esters is 1. The molecule has 0 fully saturated rings. The first kappa shape index (κ1) is 14.9. The lowest BCUT2D eigenvalue weighted by Gasteiger charge is -2.26. The van der Waals surface area contributed by atoms with Gasteiger partial charge in [0.1, 0.15) is 6.54 Å². The van der Waals surface area contributed by atoms with Crippen LogP contribution in [0.4, 0.5) is 5.82 Å². The molecule has 0 spiro atoms. The van der Waals surface area contributed by atoms with E-state index in [1.165, 1.54) is 6.07 Å². The van der Waals surface area contributed by atoms with Gasteiger partial charge in [-0.3, -0.25) is 9.59 Å². The summed E-state index contributed by atoms with van der Waals surface area (Å²) in [7, 11) is 0. The molecule has 0 unspecified atom stereocenters. The van der Waals surface area contributed by atoms with Crippen LogP contribution in [0.25, 0.3) is 0 Å². The van der Waals surface area contributed by atoms with Crippen molar-refractivity contribution in [3.8, 4) is 0 Å². The van der Waals surface area contributed by atoms with Crippen molar-refractivity contribution in [2.75, 3.05) is 18.1 Å². The minimum Gasteiger partial charge on any atom is -0.465 e. The molecule has 1 rings (SSSR count). The van der Waals surface area contributed by atoms with E-state index >= 15 is 0 Å². The summed E-state index contributed by atoms with van der Waals surface area (Å²) in [6.45, 7) is 6.00. The highest BCUT2D eigenvalue weighted by Gasteiger charge is 2.17. The zero-order valence-corrected chi connectivity index (χ0v) is 11.3. The quantitative estimate of drug-likeness (QED) is 0.746. The van der Waals surface area contributed by atoms with Crippen molar-refractivity contribution in [2.45, 2.75) is 26.8 Å². The van der Waals surface area contributed by atoms with Crippen LogP contribution in [0, 0.1) is 0 Å². The van der Waals surface area contributed by atoms with Gasteiger partial charge >= 0.3 is 5.97 Å². The number of nitrogens with zero attached hydrogens (tertiary/aromatic N) is 3. The van der Waals surface area contributed by atoms with Gasteiger partial charge < -0.3 is 15.4 Å². The van der Waals surface area contributed by atoms with Gasteiger partial charge in [0.25, 0.3) is 5.91 Å². The Morgan fingerprint density at radius 3 is 2.47 bits per heavy atom. The predicted molar refractivity (Wildman–Crippen MR) is 69.7 cm³/mol. The predicted octanol–water partition coefficient (Wildman–Crippen LogP) is 0.353. The highest BCUT2D eigenvalue weighted by Crippen LogP contribution is 2.13. The highest BCUT2D eigenvalue weighted by molar-refractivity contribution is 5.90. The van der Waals surface area contributed by atoms with Gasteiger partial charge in [-0.2, -0.15) is 0 Å². The van der Waals surface area contributed by atoms with Crippen molar-refractivity contribution in [1.29, 1.82) is 0 Å². The van der Waals surface area contributed by atoms with E-state index in [4.69, 9.17) is 10.5 Å². The Labute approximate surface area is 111 Å². The second-order valence-electron chi connectivity index (χ2n) is 4.17. The van der Waals surface area contributed by atoms with Crippen molar-refractivity contribution < 1.29 is 14.3 Å². The molecule has 2 N–H and O–H groups in total. The molecule has 0 bridgehead atoms. The van der Waals surface area contributed by atoms with E-state index in [-0.39, 0.29) is 24.2 Å². The maximum absolute atomic E-state index is 11.5. The maximum atomic E-state index is 11.5. The maximum Gasteiger partial charge on any atom is 0.325 e. The number of nitrogens with two attached hydrogens (primary N) is 1. The Hall–Kier alpha value is -2.18. The van der Waals surface area contributed by atoms with E-state index < -0.39 is 5.91 Å². The van der Waals surface area contributed by atoms with Crippen LogP contribution in [0.15, 0.2) is 12.1 Å². The number of ether oxygens (including phenoxy) is 1. The van der Waals surface area contributed by atoms with Gasteiger partial charge in [-0.25, -0.2) is 0 Å². The summed E-state index contributed by atoms with van der Waals surface area (Å²) in [5, 5.41) is 7.62. The Bertz CT molecular complexity index is 445. The molecule has 0 saturated heterocycles. The molecule has 7 nitrogen and oxygen atoms in total. The normalized spacial score (nSPS) is 10.3. The average molecular weight is 266 g/mol. The molecule has 0 aliphatic carbocycles. The number of aromatic nitrogens is 2. The molecule has 1 aromatic heterocycles. The van der Waals surface area contributed by atoms with Crippen molar-refractivity contribution >= 4 is 17.7 Å². The molecule has 104 valence electrons. The summed E-state index contributed by atoms with van der Waals surface area (Å²) in [6, 6.07) is 3.12. The van der Waals surface area contributed by atoms with Gasteiger partial charge in [-0.1, -0.05) is 0 Å². The van der Waals surface area contributed by atoms with Crippen LogP contribution in [0.2, 0.25) is 0 Å². The van der Waals surface area contributed by atoms with Gasteiger partial charge in [-0.15, -0.1) is 10.2 Å². The van der Waals surface area contributed by atoms with Crippen molar-refractivity contribution in [2.24, 2.45) is 5.73 Å². The van der Waals surface area contributed by atoms with E-state index in [0.29, 0.717) is 12.4 Å². The number of anilines is 1. The second kappa shape index (κ2) is 6.67. The summed E-state index contributed by atoms with van der Waals surface area (Å²) < 4.78 is 4.90. The van der Waals surface area contributed by atoms with Gasteiger partial charge in [0, 0.05) is 6.04 Å². The summed E-state index contributed by atoms with van der Waals surface area (Å²) in [5.41, 5.74) is 5.18. The smallest absolute Gasteiger partial charge is 0.325 e. The van der Waals surface area contributed by atoms with Gasteiger partial charge in [0.05, 0.1) is 6.61 Å². The lowest BCUT2D eigenvalue weighted by atomic mass is 10.3. The molecule has 7 heteroatoms. The van der Waals surface area contributed by atoms with E-state index in [0.717, 1.165) is 0 Å². The van der Waals surface area contributed by atoms with Crippen LogP contribution < -0.4 is 10.6 Å². The van der Waals surface area contributed by atoms with Crippen LogP contribution in [0.5, 0.6) is 0 Å². The monoisotopic (exact) mass is 266 g/mol. The van der Waals surface area contributed by atoms with Gasteiger partial charge in [0.2, 0.25) is 0 Å². The summed E-state index contributed by atoms with van der Waals surface area (Å²) in [6.07, 6.45) is 0. The summed E-state index contributed by atoms with van der Waals surface area (Å²) >= 11 is 0. The fraction of sp³-hybridized carbons (Fsp3) is 0.500. The number of hydrogen-bond donors (Lipinski definition) is 1. The molecular formula is C12H18N4O3. The third-order valence-electron chi connectivity index (χ3n) is 2.43. The second-order valence-corrected chi connectivity index (χ2v) is 4.17. The summed E-state index contributed by atoms with van der Waals surface area (Å²) in [5.74, 6) is -0.481. The van der Waals surface area contributed by atoms with Gasteiger partial charge in [-0.05, 0) is 32.9 Å². The molecule has 1 aromatic rings. The molecule has 0 radical (unpaired) electrons. The Kier molecular flexibility index (Phi) is 5.23. The first-order valence-electron chi connectivity index (χ1n) is 6.01. The summed E-state index contributed by atoms with van der Waals surface area (Å²) in [4.78, 5) is 24.2. The number of hydrogen-bond acceptors (Lipinski definition) is 6. The molecule has 1 amide bonds. The van der Waals surface area contributed by atoms with E-state index in [1.54, 1.807) is 17.9 Å². The van der Waals surface area contributed by atoms with Crippen LogP contribution >= 0.6 is 0 Å². The molecule has 0 saturated carbocycles. The topological polar surface area (TPSA) is 98.4 Å². The molecular weight excluding hydrogens is 248 g/mol. The molecule has 1 heterocycles. The lowest BCUT2D eigenvalue weighted by molar-refractivity contribution is -0.141. The van der Waals surface area contributed by atoms with Crippen LogP contribution in [0.1, 0.15) is 31.3 Å². The van der Waals surface area contributed by atoms with Crippen LogP contribution in [-0.2, 0) is 9.53 Å². The number of rotatable bonds is 6. The third kappa shape index (κ3) is 4.20. The average Bonchev–Trinajstić information content (AvgIpc) is 2.36. The molecule has 0 atom stereocenters.